The Labute approximate surface area is 92.2 Å². The summed E-state index contributed by atoms with van der Waals surface area (Å²) in [6.45, 7) is 4.36. The van der Waals surface area contributed by atoms with Crippen molar-refractivity contribution < 1.29 is 1.43 Å². The largest absolute Gasteiger partial charge is 0.265 e. The van der Waals surface area contributed by atoms with E-state index in [4.69, 9.17) is 0 Å². The third-order valence-electron chi connectivity index (χ3n) is 1.40. The molecule has 1 N–H and O–H groups in total. The van der Waals surface area contributed by atoms with Gasteiger partial charge in [0.25, 0.3) is 0 Å². The Kier molecular flexibility index (Phi) is 10.9. The van der Waals surface area contributed by atoms with Crippen LogP contribution in [0, 0.1) is 0 Å². The summed E-state index contributed by atoms with van der Waals surface area (Å²) < 4.78 is 0. The average molecular weight is 208 g/mol. The van der Waals surface area contributed by atoms with Gasteiger partial charge in [0.15, 0.2) is 0 Å². The van der Waals surface area contributed by atoms with Gasteiger partial charge in [-0.15, -0.1) is 0 Å². The Morgan fingerprint density at radius 3 is 1.53 bits per heavy atom. The van der Waals surface area contributed by atoms with Gasteiger partial charge in [-0.2, -0.15) is 15.4 Å². The lowest BCUT2D eigenvalue weighted by Crippen LogP contribution is -1.61. The lowest BCUT2D eigenvalue weighted by atomic mass is 10.4. The maximum Gasteiger partial charge on any atom is 0.0690 e. The molecular formula is C11H20N4. The number of nitrogens with zero attached hydrogens (tertiary/aromatic N) is 3. The number of H-pyrrole nitrogens is 1. The Morgan fingerprint density at radius 2 is 1.40 bits per heavy atom. The Bertz CT molecular complexity index is 227. The van der Waals surface area contributed by atoms with Crippen molar-refractivity contribution in [3.8, 4) is 0 Å². The molecule has 0 aliphatic rings. The highest BCUT2D eigenvalue weighted by atomic mass is 15.3. The molecule has 15 heavy (non-hydrogen) atoms. The standard InChI is InChI=1S/C5H5N.C4H10.C2H3N3.H2/c1-2-4-6-5-3-1;1-3-4-2;1-2-4-5-3-1;/h1-5H;3-4H2,1-2H3;1-2H,(H,3,4,5);1H. The van der Waals surface area contributed by atoms with Crippen LogP contribution in [0.2, 0.25) is 0 Å². The van der Waals surface area contributed by atoms with Gasteiger partial charge in [-0.25, -0.2) is 0 Å². The minimum atomic E-state index is 0. The number of aromatic amines is 1. The number of rotatable bonds is 1. The van der Waals surface area contributed by atoms with Gasteiger partial charge in [-0.1, -0.05) is 32.8 Å². The molecule has 0 bridgehead atoms. The van der Waals surface area contributed by atoms with Crippen LogP contribution in [0.25, 0.3) is 0 Å². The fourth-order valence-electron chi connectivity index (χ4n) is 0.479. The third kappa shape index (κ3) is 12.3. The second kappa shape index (κ2) is 12.3. The average Bonchev–Trinajstić information content (AvgIpc) is 2.90. The minimum Gasteiger partial charge on any atom is -0.265 e. The second-order valence-corrected chi connectivity index (χ2v) is 2.68. The van der Waals surface area contributed by atoms with E-state index < -0.39 is 0 Å². The molecule has 0 aliphatic heterocycles. The maximum atomic E-state index is 3.78. The minimum absolute atomic E-state index is 0. The molecule has 0 saturated heterocycles. The van der Waals surface area contributed by atoms with Crippen molar-refractivity contribution >= 4 is 0 Å². The second-order valence-electron chi connectivity index (χ2n) is 2.68. The predicted molar refractivity (Wildman–Crippen MR) is 63.3 cm³/mol. The fraction of sp³-hybridized carbons (Fsp3) is 0.364. The van der Waals surface area contributed by atoms with E-state index in [0.29, 0.717) is 0 Å². The normalized spacial score (nSPS) is 7.87. The van der Waals surface area contributed by atoms with Crippen LogP contribution in [0.15, 0.2) is 43.0 Å². The Morgan fingerprint density at radius 1 is 0.867 bits per heavy atom. The highest BCUT2D eigenvalue weighted by molar-refractivity contribution is 4.88. The lowest BCUT2D eigenvalue weighted by molar-refractivity contribution is 0.886. The lowest BCUT2D eigenvalue weighted by Gasteiger charge is -1.70. The first-order chi connectivity index (χ1) is 7.41. The number of unbranched alkanes of at least 4 members (excludes halogenated alkanes) is 1. The number of nitrogens with one attached hydrogen (secondary N) is 1. The molecule has 4 heteroatoms. The molecule has 0 radical (unpaired) electrons. The van der Waals surface area contributed by atoms with E-state index in [0.717, 1.165) is 0 Å². The molecule has 0 aliphatic carbocycles. The molecule has 0 spiro atoms. The molecule has 0 atom stereocenters. The molecule has 2 rings (SSSR count). The van der Waals surface area contributed by atoms with Gasteiger partial charge in [-0.05, 0) is 12.1 Å². The molecule has 2 heterocycles. The summed E-state index contributed by atoms with van der Waals surface area (Å²) in [5.74, 6) is 0. The van der Waals surface area contributed by atoms with Crippen molar-refractivity contribution in [2.75, 3.05) is 0 Å². The topological polar surface area (TPSA) is 54.5 Å². The maximum absolute atomic E-state index is 3.78. The summed E-state index contributed by atoms with van der Waals surface area (Å²) in [4.78, 5) is 3.78. The van der Waals surface area contributed by atoms with Crippen LogP contribution in [0.4, 0.5) is 0 Å². The van der Waals surface area contributed by atoms with Crippen molar-refractivity contribution in [2.45, 2.75) is 26.7 Å². The zero-order valence-electron chi connectivity index (χ0n) is 9.30. The van der Waals surface area contributed by atoms with Gasteiger partial charge in [0, 0.05) is 13.8 Å². The summed E-state index contributed by atoms with van der Waals surface area (Å²) in [5.41, 5.74) is 0. The molecule has 0 saturated carbocycles. The SMILES string of the molecule is CCCC.[HH].c1ccncc1.c1cn[nH]n1. The molecular weight excluding hydrogens is 188 g/mol. The summed E-state index contributed by atoms with van der Waals surface area (Å²) in [6.07, 6.45) is 9.31. The zero-order valence-corrected chi connectivity index (χ0v) is 9.30. The van der Waals surface area contributed by atoms with Crippen molar-refractivity contribution in [3.63, 3.8) is 0 Å². The zero-order chi connectivity index (χ0) is 11.2. The highest BCUT2D eigenvalue weighted by Crippen LogP contribution is 1.76. The van der Waals surface area contributed by atoms with Gasteiger partial charge in [-0.3, -0.25) is 4.98 Å². The van der Waals surface area contributed by atoms with Gasteiger partial charge in [0.05, 0.1) is 12.4 Å². The quantitative estimate of drug-likeness (QED) is 0.784. The highest BCUT2D eigenvalue weighted by Gasteiger charge is 1.58. The van der Waals surface area contributed by atoms with Crippen LogP contribution in [-0.4, -0.2) is 20.4 Å². The summed E-state index contributed by atoms with van der Waals surface area (Å²) in [6, 6.07) is 5.72. The summed E-state index contributed by atoms with van der Waals surface area (Å²) in [7, 11) is 0. The van der Waals surface area contributed by atoms with Crippen LogP contribution in [0.5, 0.6) is 0 Å². The van der Waals surface area contributed by atoms with Crippen LogP contribution in [-0.2, 0) is 0 Å². The third-order valence-corrected chi connectivity index (χ3v) is 1.40. The molecule has 0 fully saturated rings. The van der Waals surface area contributed by atoms with Crippen molar-refractivity contribution in [1.29, 1.82) is 0 Å². The summed E-state index contributed by atoms with van der Waals surface area (Å²) >= 11 is 0. The monoisotopic (exact) mass is 208 g/mol. The van der Waals surface area contributed by atoms with Crippen molar-refractivity contribution in [1.82, 2.24) is 20.4 Å². The van der Waals surface area contributed by atoms with E-state index in [-0.39, 0.29) is 1.43 Å². The van der Waals surface area contributed by atoms with E-state index in [9.17, 15) is 0 Å². The van der Waals surface area contributed by atoms with Gasteiger partial charge >= 0.3 is 0 Å². The molecule has 84 valence electrons. The van der Waals surface area contributed by atoms with E-state index in [2.05, 4.69) is 34.2 Å². The first kappa shape index (κ1) is 13.3. The molecule has 2 aromatic heterocycles. The Balaban J connectivity index is 0. The van der Waals surface area contributed by atoms with E-state index >= 15 is 0 Å². The predicted octanol–water partition coefficient (Wildman–Crippen LogP) is 2.94. The van der Waals surface area contributed by atoms with Gasteiger partial charge < -0.3 is 0 Å². The first-order valence-electron chi connectivity index (χ1n) is 5.06. The van der Waals surface area contributed by atoms with Crippen molar-refractivity contribution in [3.05, 3.63) is 43.0 Å². The first-order valence-corrected chi connectivity index (χ1v) is 5.06. The van der Waals surface area contributed by atoms with Crippen LogP contribution in [0.3, 0.4) is 0 Å². The number of pyridine rings is 1. The Hall–Kier alpha value is -1.71. The number of hydrogen-bond donors (Lipinski definition) is 1. The van der Waals surface area contributed by atoms with E-state index in [1.165, 1.54) is 12.8 Å². The smallest absolute Gasteiger partial charge is 0.0690 e. The van der Waals surface area contributed by atoms with Crippen LogP contribution < -0.4 is 0 Å². The molecule has 2 aromatic rings. The van der Waals surface area contributed by atoms with E-state index in [1.54, 1.807) is 24.8 Å². The number of aromatic nitrogens is 4. The van der Waals surface area contributed by atoms with Crippen LogP contribution in [0.1, 0.15) is 28.1 Å². The summed E-state index contributed by atoms with van der Waals surface area (Å²) in [5, 5.41) is 9.33. The van der Waals surface area contributed by atoms with Gasteiger partial charge in [0.1, 0.15) is 0 Å². The number of hydrogen-bond acceptors (Lipinski definition) is 3. The molecule has 0 amide bonds. The molecule has 0 aromatic carbocycles. The van der Waals surface area contributed by atoms with E-state index in [1.807, 2.05) is 18.2 Å². The molecule has 0 unspecified atom stereocenters. The molecule has 4 nitrogen and oxygen atoms in total. The van der Waals surface area contributed by atoms with Gasteiger partial charge in [0.2, 0.25) is 0 Å². The fourth-order valence-corrected chi connectivity index (χ4v) is 0.479. The van der Waals surface area contributed by atoms with Crippen LogP contribution >= 0.6 is 0 Å². The van der Waals surface area contributed by atoms with Crippen molar-refractivity contribution in [2.24, 2.45) is 0 Å².